The zero-order chi connectivity index (χ0) is 17.4. The highest BCUT2D eigenvalue weighted by atomic mass is 16.4. The highest BCUT2D eigenvalue weighted by Gasteiger charge is 2.45. The van der Waals surface area contributed by atoms with Crippen LogP contribution in [0.25, 0.3) is 0 Å². The third kappa shape index (κ3) is 2.58. The fourth-order valence-corrected chi connectivity index (χ4v) is 2.98. The molecule has 0 saturated heterocycles. The number of nitrogens with zero attached hydrogens (tertiary/aromatic N) is 2. The summed E-state index contributed by atoms with van der Waals surface area (Å²) < 4.78 is 1.35. The molecule has 1 aromatic heterocycles. The quantitative estimate of drug-likeness (QED) is 0.884. The van der Waals surface area contributed by atoms with E-state index in [1.165, 1.54) is 10.9 Å². The van der Waals surface area contributed by atoms with Crippen LogP contribution in [0.1, 0.15) is 38.7 Å². The van der Waals surface area contributed by atoms with Crippen molar-refractivity contribution in [3.05, 3.63) is 48.3 Å². The zero-order valence-electron chi connectivity index (χ0n) is 13.8. The minimum atomic E-state index is -1.17. The van der Waals surface area contributed by atoms with E-state index in [-0.39, 0.29) is 5.91 Å². The maximum absolute atomic E-state index is 12.8. The van der Waals surface area contributed by atoms with Gasteiger partial charge in [0.15, 0.2) is 5.54 Å². The second-order valence-corrected chi connectivity index (χ2v) is 6.79. The molecule has 1 fully saturated rings. The monoisotopic (exact) mass is 327 g/mol. The van der Waals surface area contributed by atoms with Gasteiger partial charge in [-0.1, -0.05) is 36.8 Å². The molecule has 0 aliphatic heterocycles. The van der Waals surface area contributed by atoms with Gasteiger partial charge in [0, 0.05) is 6.20 Å². The van der Waals surface area contributed by atoms with Gasteiger partial charge in [-0.3, -0.25) is 9.48 Å². The van der Waals surface area contributed by atoms with Crippen LogP contribution in [-0.4, -0.2) is 26.8 Å². The molecule has 0 atom stereocenters. The maximum atomic E-state index is 12.8. The fraction of sp³-hybridized carbons (Fsp3) is 0.389. The average Bonchev–Trinajstić information content (AvgIpc) is 2.96. The first kappa shape index (κ1) is 16.2. The number of rotatable bonds is 5. The Balaban J connectivity index is 1.80. The summed E-state index contributed by atoms with van der Waals surface area (Å²) in [7, 11) is 0. The highest BCUT2D eigenvalue weighted by Crippen LogP contribution is 2.44. The summed E-state index contributed by atoms with van der Waals surface area (Å²) in [5, 5.41) is 16.2. The molecule has 0 unspecified atom stereocenters. The number of carboxylic acid groups (broad SMARTS) is 1. The Bertz CT molecular complexity index is 761. The standard InChI is InChI=1S/C18H21N3O3/c1-17(2,16(23)24)21-12-14(11-19-21)20-15(22)18(9-6-10-18)13-7-4-3-5-8-13/h3-5,7-8,11-12H,6,9-10H2,1-2H3,(H,20,22)(H,23,24). The van der Waals surface area contributed by atoms with Crippen LogP contribution in [0, 0.1) is 0 Å². The number of aliphatic carboxylic acids is 1. The third-order valence-electron chi connectivity index (χ3n) is 4.90. The van der Waals surface area contributed by atoms with Crippen molar-refractivity contribution in [2.75, 3.05) is 5.32 Å². The van der Waals surface area contributed by atoms with Gasteiger partial charge < -0.3 is 10.4 Å². The SMILES string of the molecule is CC(C)(C(=O)O)n1cc(NC(=O)C2(c3ccccc3)CCC2)cn1. The Morgan fingerprint density at radius 1 is 1.25 bits per heavy atom. The molecule has 6 nitrogen and oxygen atoms in total. The number of anilines is 1. The van der Waals surface area contributed by atoms with E-state index in [2.05, 4.69) is 10.4 Å². The molecule has 3 rings (SSSR count). The first-order valence-corrected chi connectivity index (χ1v) is 8.02. The van der Waals surface area contributed by atoms with Gasteiger partial charge >= 0.3 is 5.97 Å². The molecule has 0 bridgehead atoms. The number of carboxylic acids is 1. The van der Waals surface area contributed by atoms with E-state index in [9.17, 15) is 14.7 Å². The third-order valence-corrected chi connectivity index (χ3v) is 4.90. The molecule has 126 valence electrons. The van der Waals surface area contributed by atoms with Crippen molar-refractivity contribution in [1.82, 2.24) is 9.78 Å². The predicted octanol–water partition coefficient (Wildman–Crippen LogP) is 2.76. The summed E-state index contributed by atoms with van der Waals surface area (Å²) in [6.07, 6.45) is 5.70. The predicted molar refractivity (Wildman–Crippen MR) is 89.8 cm³/mol. The van der Waals surface area contributed by atoms with Crippen molar-refractivity contribution in [2.24, 2.45) is 0 Å². The molecule has 1 heterocycles. The van der Waals surface area contributed by atoms with E-state index in [0.717, 1.165) is 24.8 Å². The topological polar surface area (TPSA) is 84.2 Å². The highest BCUT2D eigenvalue weighted by molar-refractivity contribution is 5.99. The van der Waals surface area contributed by atoms with Crippen molar-refractivity contribution in [1.29, 1.82) is 0 Å². The molecular formula is C18H21N3O3. The van der Waals surface area contributed by atoms with E-state index in [1.54, 1.807) is 20.0 Å². The smallest absolute Gasteiger partial charge is 0.331 e. The van der Waals surface area contributed by atoms with Crippen LogP contribution < -0.4 is 5.32 Å². The first-order chi connectivity index (χ1) is 11.4. The van der Waals surface area contributed by atoms with Gasteiger partial charge in [0.25, 0.3) is 0 Å². The first-order valence-electron chi connectivity index (χ1n) is 8.02. The summed E-state index contributed by atoms with van der Waals surface area (Å²) in [6, 6.07) is 9.78. The Morgan fingerprint density at radius 2 is 1.92 bits per heavy atom. The number of aromatic nitrogens is 2. The van der Waals surface area contributed by atoms with Gasteiger partial charge in [0.05, 0.1) is 17.3 Å². The van der Waals surface area contributed by atoms with Crippen LogP contribution >= 0.6 is 0 Å². The Morgan fingerprint density at radius 3 is 2.46 bits per heavy atom. The minimum absolute atomic E-state index is 0.0624. The number of hydrogen-bond donors (Lipinski definition) is 2. The number of hydrogen-bond acceptors (Lipinski definition) is 3. The molecular weight excluding hydrogens is 306 g/mol. The molecule has 1 aliphatic rings. The second-order valence-electron chi connectivity index (χ2n) is 6.79. The lowest BCUT2D eigenvalue weighted by atomic mass is 9.64. The largest absolute Gasteiger partial charge is 0.479 e. The number of carbonyl (C=O) groups is 2. The van der Waals surface area contributed by atoms with Crippen molar-refractivity contribution in [2.45, 2.75) is 44.1 Å². The van der Waals surface area contributed by atoms with E-state index in [1.807, 2.05) is 30.3 Å². The number of benzene rings is 1. The Hall–Kier alpha value is -2.63. The Kier molecular flexibility index (Phi) is 3.91. The van der Waals surface area contributed by atoms with E-state index in [0.29, 0.717) is 5.69 Å². The van der Waals surface area contributed by atoms with Crippen molar-refractivity contribution < 1.29 is 14.7 Å². The molecule has 1 amide bonds. The Labute approximate surface area is 140 Å². The molecule has 6 heteroatoms. The van der Waals surface area contributed by atoms with E-state index >= 15 is 0 Å². The lowest BCUT2D eigenvalue weighted by molar-refractivity contribution is -0.146. The van der Waals surface area contributed by atoms with Crippen LogP contribution in [-0.2, 0) is 20.5 Å². The maximum Gasteiger partial charge on any atom is 0.331 e. The second kappa shape index (κ2) is 5.78. The summed E-state index contributed by atoms with van der Waals surface area (Å²) in [5.74, 6) is -1.05. The van der Waals surface area contributed by atoms with Crippen LogP contribution in [0.15, 0.2) is 42.7 Å². The summed E-state index contributed by atoms with van der Waals surface area (Å²) in [5.41, 5.74) is -0.133. The summed E-state index contributed by atoms with van der Waals surface area (Å²) in [6.45, 7) is 3.12. The van der Waals surface area contributed by atoms with Gasteiger partial charge in [-0.2, -0.15) is 5.10 Å². The van der Waals surface area contributed by atoms with Gasteiger partial charge in [-0.05, 0) is 32.3 Å². The van der Waals surface area contributed by atoms with Gasteiger partial charge in [0.1, 0.15) is 0 Å². The number of amides is 1. The van der Waals surface area contributed by atoms with Crippen molar-refractivity contribution in [3.8, 4) is 0 Å². The van der Waals surface area contributed by atoms with Gasteiger partial charge in [-0.25, -0.2) is 4.79 Å². The molecule has 1 aliphatic carbocycles. The van der Waals surface area contributed by atoms with E-state index < -0.39 is 16.9 Å². The fourth-order valence-electron chi connectivity index (χ4n) is 2.98. The van der Waals surface area contributed by atoms with Crippen molar-refractivity contribution >= 4 is 17.6 Å². The summed E-state index contributed by atoms with van der Waals surface area (Å²) >= 11 is 0. The minimum Gasteiger partial charge on any atom is -0.479 e. The lowest BCUT2D eigenvalue weighted by Gasteiger charge is -2.40. The summed E-state index contributed by atoms with van der Waals surface area (Å²) in [4.78, 5) is 24.1. The van der Waals surface area contributed by atoms with E-state index in [4.69, 9.17) is 0 Å². The lowest BCUT2D eigenvalue weighted by Crippen LogP contribution is -2.45. The number of nitrogens with one attached hydrogen (secondary N) is 1. The molecule has 1 saturated carbocycles. The van der Waals surface area contributed by atoms with Crippen LogP contribution in [0.2, 0.25) is 0 Å². The van der Waals surface area contributed by atoms with Gasteiger partial charge in [0.2, 0.25) is 5.91 Å². The number of carbonyl (C=O) groups excluding carboxylic acids is 1. The average molecular weight is 327 g/mol. The van der Waals surface area contributed by atoms with Crippen molar-refractivity contribution in [3.63, 3.8) is 0 Å². The molecule has 0 radical (unpaired) electrons. The molecule has 2 aromatic rings. The zero-order valence-corrected chi connectivity index (χ0v) is 13.8. The van der Waals surface area contributed by atoms with Crippen LogP contribution in [0.4, 0.5) is 5.69 Å². The normalized spacial score (nSPS) is 16.2. The molecule has 1 aromatic carbocycles. The molecule has 2 N–H and O–H groups in total. The molecule has 24 heavy (non-hydrogen) atoms. The van der Waals surface area contributed by atoms with Gasteiger partial charge in [-0.15, -0.1) is 0 Å². The van der Waals surface area contributed by atoms with Crippen LogP contribution in [0.3, 0.4) is 0 Å². The molecule has 0 spiro atoms. The van der Waals surface area contributed by atoms with Crippen LogP contribution in [0.5, 0.6) is 0 Å².